The fourth-order valence-corrected chi connectivity index (χ4v) is 3.02. The molecular weight excluding hydrogens is 312 g/mol. The van der Waals surface area contributed by atoms with E-state index in [0.717, 1.165) is 56.7 Å². The van der Waals surface area contributed by atoms with Crippen LogP contribution in [0.25, 0.3) is 0 Å². The molecule has 0 amide bonds. The lowest BCUT2D eigenvalue weighted by atomic mass is 10.2. The van der Waals surface area contributed by atoms with E-state index in [1.165, 1.54) is 5.69 Å². The van der Waals surface area contributed by atoms with Crippen molar-refractivity contribution < 1.29 is 0 Å². The Morgan fingerprint density at radius 1 is 1.00 bits per heavy atom. The third-order valence-electron chi connectivity index (χ3n) is 4.41. The van der Waals surface area contributed by atoms with Crippen LogP contribution in [0.4, 0.5) is 17.5 Å². The van der Waals surface area contributed by atoms with Crippen LogP contribution in [-0.4, -0.2) is 68.2 Å². The molecule has 1 saturated heterocycles. The molecule has 134 valence electrons. The molecule has 1 aromatic carbocycles. The molecule has 0 saturated carbocycles. The molecule has 0 bridgehead atoms. The number of aromatic nitrogens is 2. The topological polar surface area (TPSA) is 47.5 Å². The van der Waals surface area contributed by atoms with Crippen LogP contribution in [0.1, 0.15) is 5.69 Å². The molecule has 6 heteroatoms. The van der Waals surface area contributed by atoms with E-state index < -0.39 is 0 Å². The van der Waals surface area contributed by atoms with Crippen molar-refractivity contribution in [3.63, 3.8) is 0 Å². The van der Waals surface area contributed by atoms with Crippen molar-refractivity contribution in [3.05, 3.63) is 42.1 Å². The van der Waals surface area contributed by atoms with Gasteiger partial charge in [-0.2, -0.15) is 4.98 Å². The average molecular weight is 340 g/mol. The van der Waals surface area contributed by atoms with Gasteiger partial charge in [-0.05, 0) is 33.2 Å². The van der Waals surface area contributed by atoms with Crippen molar-refractivity contribution in [2.45, 2.75) is 6.92 Å². The summed E-state index contributed by atoms with van der Waals surface area (Å²) in [5, 5.41) is 3.33. The fraction of sp³-hybridized carbons (Fsp3) is 0.474. The zero-order valence-corrected chi connectivity index (χ0v) is 15.4. The Balaban J connectivity index is 1.61. The van der Waals surface area contributed by atoms with E-state index >= 15 is 0 Å². The van der Waals surface area contributed by atoms with Crippen LogP contribution in [0.5, 0.6) is 0 Å². The van der Waals surface area contributed by atoms with Gasteiger partial charge < -0.3 is 20.0 Å². The third kappa shape index (κ3) is 4.82. The Kier molecular flexibility index (Phi) is 5.71. The lowest BCUT2D eigenvalue weighted by Crippen LogP contribution is -2.46. The van der Waals surface area contributed by atoms with Gasteiger partial charge in [0.2, 0.25) is 5.95 Å². The summed E-state index contributed by atoms with van der Waals surface area (Å²) in [6, 6.07) is 12.7. The molecule has 1 fully saturated rings. The van der Waals surface area contributed by atoms with Crippen LogP contribution < -0.4 is 15.1 Å². The van der Waals surface area contributed by atoms with Gasteiger partial charge >= 0.3 is 0 Å². The first kappa shape index (κ1) is 17.5. The van der Waals surface area contributed by atoms with Gasteiger partial charge in [-0.15, -0.1) is 0 Å². The number of hydrogen-bond donors (Lipinski definition) is 1. The van der Waals surface area contributed by atoms with Crippen molar-refractivity contribution in [1.82, 2.24) is 14.9 Å². The Hall–Kier alpha value is -2.34. The second-order valence-corrected chi connectivity index (χ2v) is 6.73. The summed E-state index contributed by atoms with van der Waals surface area (Å²) in [4.78, 5) is 16.2. The molecule has 1 aliphatic rings. The predicted octanol–water partition coefficient (Wildman–Crippen LogP) is 2.09. The lowest BCUT2D eigenvalue weighted by molar-refractivity contribution is 0.425. The second-order valence-electron chi connectivity index (χ2n) is 6.73. The molecule has 1 aliphatic heterocycles. The number of piperazine rings is 1. The summed E-state index contributed by atoms with van der Waals surface area (Å²) < 4.78 is 0. The molecule has 0 radical (unpaired) electrons. The second kappa shape index (κ2) is 8.16. The first-order valence-corrected chi connectivity index (χ1v) is 8.91. The van der Waals surface area contributed by atoms with E-state index in [1.54, 1.807) is 0 Å². The van der Waals surface area contributed by atoms with Crippen molar-refractivity contribution in [2.24, 2.45) is 0 Å². The maximum Gasteiger partial charge on any atom is 0.224 e. The Morgan fingerprint density at radius 3 is 2.36 bits per heavy atom. The van der Waals surface area contributed by atoms with Crippen LogP contribution in [0, 0.1) is 6.92 Å². The SMILES string of the molecule is Cc1cc(N2CCN(c3ccccc3)CC2)nc(NCCN(C)C)n1. The van der Waals surface area contributed by atoms with Gasteiger partial charge in [-0.3, -0.25) is 0 Å². The van der Waals surface area contributed by atoms with Gasteiger partial charge in [0.25, 0.3) is 0 Å². The highest BCUT2D eigenvalue weighted by Crippen LogP contribution is 2.20. The molecule has 2 aromatic rings. The number of aryl methyl sites for hydroxylation is 1. The highest BCUT2D eigenvalue weighted by atomic mass is 15.3. The highest BCUT2D eigenvalue weighted by molar-refractivity contribution is 5.50. The number of likely N-dealkylation sites (N-methyl/N-ethyl adjacent to an activating group) is 1. The molecule has 3 rings (SSSR count). The molecule has 1 aromatic heterocycles. The van der Waals surface area contributed by atoms with E-state index in [1.807, 2.05) is 6.92 Å². The minimum atomic E-state index is 0.724. The Bertz CT molecular complexity index is 665. The van der Waals surface area contributed by atoms with Crippen molar-refractivity contribution in [1.29, 1.82) is 0 Å². The first-order chi connectivity index (χ1) is 12.1. The van der Waals surface area contributed by atoms with Gasteiger partial charge in [-0.25, -0.2) is 4.98 Å². The maximum atomic E-state index is 4.72. The van der Waals surface area contributed by atoms with Crippen molar-refractivity contribution >= 4 is 17.5 Å². The van der Waals surface area contributed by atoms with Crippen LogP contribution >= 0.6 is 0 Å². The zero-order chi connectivity index (χ0) is 17.6. The molecule has 0 unspecified atom stereocenters. The van der Waals surface area contributed by atoms with Crippen LogP contribution in [0.2, 0.25) is 0 Å². The van der Waals surface area contributed by atoms with Crippen LogP contribution in [-0.2, 0) is 0 Å². The summed E-state index contributed by atoms with van der Waals surface area (Å²) in [7, 11) is 4.13. The Labute approximate surface area is 150 Å². The molecule has 2 heterocycles. The largest absolute Gasteiger partial charge is 0.368 e. The van der Waals surface area contributed by atoms with E-state index in [4.69, 9.17) is 4.98 Å². The molecule has 0 aliphatic carbocycles. The molecule has 1 N–H and O–H groups in total. The number of hydrogen-bond acceptors (Lipinski definition) is 6. The Morgan fingerprint density at radius 2 is 1.68 bits per heavy atom. The van der Waals surface area contributed by atoms with Crippen molar-refractivity contribution in [3.8, 4) is 0 Å². The monoisotopic (exact) mass is 340 g/mol. The number of anilines is 3. The van der Waals surface area contributed by atoms with E-state index in [-0.39, 0.29) is 0 Å². The van der Waals surface area contributed by atoms with E-state index in [9.17, 15) is 0 Å². The minimum Gasteiger partial charge on any atom is -0.368 e. The first-order valence-electron chi connectivity index (χ1n) is 8.91. The average Bonchev–Trinajstić information content (AvgIpc) is 2.62. The van der Waals surface area contributed by atoms with Gasteiger partial charge in [0.1, 0.15) is 5.82 Å². The highest BCUT2D eigenvalue weighted by Gasteiger charge is 2.19. The molecule has 0 atom stereocenters. The minimum absolute atomic E-state index is 0.724. The third-order valence-corrected chi connectivity index (χ3v) is 4.41. The smallest absolute Gasteiger partial charge is 0.224 e. The van der Waals surface area contributed by atoms with E-state index in [0.29, 0.717) is 0 Å². The van der Waals surface area contributed by atoms with Gasteiger partial charge in [-0.1, -0.05) is 18.2 Å². The number of nitrogens with zero attached hydrogens (tertiary/aromatic N) is 5. The fourth-order valence-electron chi connectivity index (χ4n) is 3.02. The summed E-state index contributed by atoms with van der Waals surface area (Å²) in [6.07, 6.45) is 0. The molecular formula is C19H28N6. The number of para-hydroxylation sites is 1. The predicted molar refractivity (Wildman–Crippen MR) is 105 cm³/mol. The molecule has 6 nitrogen and oxygen atoms in total. The van der Waals surface area contributed by atoms with Crippen molar-refractivity contribution in [2.75, 3.05) is 68.5 Å². The van der Waals surface area contributed by atoms with Gasteiger partial charge in [0, 0.05) is 56.7 Å². The summed E-state index contributed by atoms with van der Waals surface area (Å²) in [5.74, 6) is 1.75. The van der Waals surface area contributed by atoms with Gasteiger partial charge in [0.05, 0.1) is 0 Å². The summed E-state index contributed by atoms with van der Waals surface area (Å²) in [5.41, 5.74) is 2.30. The van der Waals surface area contributed by atoms with E-state index in [2.05, 4.69) is 75.5 Å². The van der Waals surface area contributed by atoms with Gasteiger partial charge in [0.15, 0.2) is 0 Å². The van der Waals surface area contributed by atoms with Crippen LogP contribution in [0.3, 0.4) is 0 Å². The number of benzene rings is 1. The summed E-state index contributed by atoms with van der Waals surface area (Å²) in [6.45, 7) is 7.81. The normalized spacial score (nSPS) is 14.9. The standard InChI is InChI=1S/C19H28N6/c1-16-15-18(22-19(21-16)20-9-10-23(2)3)25-13-11-24(12-14-25)17-7-5-4-6-8-17/h4-8,15H,9-14H2,1-3H3,(H,20,21,22). The molecule has 25 heavy (non-hydrogen) atoms. The lowest BCUT2D eigenvalue weighted by Gasteiger charge is -2.36. The number of nitrogens with one attached hydrogen (secondary N) is 1. The maximum absolute atomic E-state index is 4.72. The van der Waals surface area contributed by atoms with Crippen LogP contribution in [0.15, 0.2) is 36.4 Å². The number of rotatable bonds is 6. The molecule has 0 spiro atoms. The quantitative estimate of drug-likeness (QED) is 0.869. The summed E-state index contributed by atoms with van der Waals surface area (Å²) >= 11 is 0. The zero-order valence-electron chi connectivity index (χ0n) is 15.4.